The van der Waals surface area contributed by atoms with Crippen molar-refractivity contribution in [1.29, 1.82) is 0 Å². The Morgan fingerprint density at radius 1 is 1.28 bits per heavy atom. The van der Waals surface area contributed by atoms with Gasteiger partial charge in [-0.05, 0) is 44.0 Å². The predicted octanol–water partition coefficient (Wildman–Crippen LogP) is 2.83. The molecule has 1 aromatic carbocycles. The zero-order chi connectivity index (χ0) is 13.7. The lowest BCUT2D eigenvalue weighted by Gasteiger charge is -2.22. The van der Waals surface area contributed by atoms with Gasteiger partial charge in [0, 0.05) is 6.04 Å². The Hall–Kier alpha value is -1.35. The van der Waals surface area contributed by atoms with Crippen LogP contribution in [0.4, 0.5) is 0 Å². The van der Waals surface area contributed by atoms with Gasteiger partial charge in [0.25, 0.3) is 0 Å². The van der Waals surface area contributed by atoms with Crippen LogP contribution in [0.2, 0.25) is 0 Å². The zero-order valence-electron chi connectivity index (χ0n) is 12.0. The van der Waals surface area contributed by atoms with Crippen molar-refractivity contribution in [1.82, 2.24) is 5.32 Å². The number of rotatable bonds is 5. The molecule has 1 rings (SSSR count). The monoisotopic (exact) mass is 249 g/mol. The van der Waals surface area contributed by atoms with Crippen LogP contribution in [0.1, 0.15) is 41.6 Å². The quantitative estimate of drug-likeness (QED) is 0.815. The van der Waals surface area contributed by atoms with Gasteiger partial charge in [0.05, 0.1) is 13.5 Å². The van der Waals surface area contributed by atoms with Gasteiger partial charge in [-0.25, -0.2) is 0 Å². The van der Waals surface area contributed by atoms with Gasteiger partial charge in [-0.1, -0.05) is 24.6 Å². The SMILES string of the molecule is CCNC(CC(=O)OC)c1c(C)cc(C)cc1C. The minimum atomic E-state index is -0.180. The maximum Gasteiger partial charge on any atom is 0.307 e. The second-order valence-corrected chi connectivity index (χ2v) is 4.70. The van der Waals surface area contributed by atoms with Gasteiger partial charge in [0.2, 0.25) is 0 Å². The molecular weight excluding hydrogens is 226 g/mol. The van der Waals surface area contributed by atoms with Crippen LogP contribution in [0.5, 0.6) is 0 Å². The van der Waals surface area contributed by atoms with Crippen LogP contribution in [0.3, 0.4) is 0 Å². The molecule has 1 N–H and O–H groups in total. The maximum absolute atomic E-state index is 11.5. The Balaban J connectivity index is 3.09. The summed E-state index contributed by atoms with van der Waals surface area (Å²) < 4.78 is 4.77. The highest BCUT2D eigenvalue weighted by Gasteiger charge is 2.19. The van der Waals surface area contributed by atoms with Crippen LogP contribution in [0.25, 0.3) is 0 Å². The normalized spacial score (nSPS) is 12.3. The molecule has 0 saturated heterocycles. The van der Waals surface area contributed by atoms with Crippen LogP contribution < -0.4 is 5.32 Å². The fourth-order valence-electron chi connectivity index (χ4n) is 2.51. The molecule has 0 aromatic heterocycles. The van der Waals surface area contributed by atoms with Crippen molar-refractivity contribution in [2.24, 2.45) is 0 Å². The fraction of sp³-hybridized carbons (Fsp3) is 0.533. The first-order chi connectivity index (χ1) is 8.49. The molecule has 0 amide bonds. The Bertz CT molecular complexity index is 403. The van der Waals surface area contributed by atoms with Gasteiger partial charge in [-0.2, -0.15) is 0 Å². The van der Waals surface area contributed by atoms with E-state index in [0.717, 1.165) is 6.54 Å². The highest BCUT2D eigenvalue weighted by atomic mass is 16.5. The number of aryl methyl sites for hydroxylation is 3. The summed E-state index contributed by atoms with van der Waals surface area (Å²) in [7, 11) is 1.43. The molecule has 18 heavy (non-hydrogen) atoms. The van der Waals surface area contributed by atoms with E-state index in [1.807, 2.05) is 6.92 Å². The van der Waals surface area contributed by atoms with E-state index in [2.05, 4.69) is 38.2 Å². The molecule has 0 fully saturated rings. The van der Waals surface area contributed by atoms with Crippen LogP contribution in [0, 0.1) is 20.8 Å². The highest BCUT2D eigenvalue weighted by molar-refractivity contribution is 5.70. The van der Waals surface area contributed by atoms with Gasteiger partial charge in [0.1, 0.15) is 0 Å². The van der Waals surface area contributed by atoms with Gasteiger partial charge < -0.3 is 10.1 Å². The molecule has 0 aliphatic rings. The van der Waals surface area contributed by atoms with Crippen molar-refractivity contribution in [2.75, 3.05) is 13.7 Å². The summed E-state index contributed by atoms with van der Waals surface area (Å²) in [5.41, 5.74) is 4.92. The molecule has 0 heterocycles. The third-order valence-electron chi connectivity index (χ3n) is 3.14. The number of carbonyl (C=O) groups excluding carboxylic acids is 1. The van der Waals surface area contributed by atoms with Crippen molar-refractivity contribution in [3.05, 3.63) is 34.4 Å². The second kappa shape index (κ2) is 6.55. The summed E-state index contributed by atoms with van der Waals surface area (Å²) in [6.07, 6.45) is 0.370. The van der Waals surface area contributed by atoms with E-state index in [1.54, 1.807) is 0 Å². The van der Waals surface area contributed by atoms with Crippen LogP contribution in [-0.2, 0) is 9.53 Å². The smallest absolute Gasteiger partial charge is 0.307 e. The lowest BCUT2D eigenvalue weighted by molar-refractivity contribution is -0.141. The zero-order valence-corrected chi connectivity index (χ0v) is 12.0. The summed E-state index contributed by atoms with van der Waals surface area (Å²) in [6.45, 7) is 9.15. The van der Waals surface area contributed by atoms with Gasteiger partial charge in [0.15, 0.2) is 0 Å². The minimum Gasteiger partial charge on any atom is -0.469 e. The average molecular weight is 249 g/mol. The third-order valence-corrected chi connectivity index (χ3v) is 3.14. The Morgan fingerprint density at radius 2 is 1.83 bits per heavy atom. The number of benzene rings is 1. The Kier molecular flexibility index (Phi) is 5.35. The molecule has 0 radical (unpaired) electrons. The van der Waals surface area contributed by atoms with Crippen molar-refractivity contribution in [2.45, 2.75) is 40.2 Å². The van der Waals surface area contributed by atoms with E-state index >= 15 is 0 Å². The number of esters is 1. The molecule has 1 aromatic rings. The van der Waals surface area contributed by atoms with Crippen LogP contribution in [-0.4, -0.2) is 19.6 Å². The third kappa shape index (κ3) is 3.57. The molecular formula is C15H23NO2. The number of ether oxygens (including phenoxy) is 1. The first-order valence-corrected chi connectivity index (χ1v) is 6.37. The Morgan fingerprint density at radius 3 is 2.28 bits per heavy atom. The molecule has 0 bridgehead atoms. The number of hydrogen-bond donors (Lipinski definition) is 1. The molecule has 3 heteroatoms. The topological polar surface area (TPSA) is 38.3 Å². The molecule has 1 atom stereocenters. The van der Waals surface area contributed by atoms with E-state index in [-0.39, 0.29) is 12.0 Å². The molecule has 0 saturated carbocycles. The van der Waals surface area contributed by atoms with Crippen LogP contribution >= 0.6 is 0 Å². The number of nitrogens with one attached hydrogen (secondary N) is 1. The summed E-state index contributed by atoms with van der Waals surface area (Å²) in [4.78, 5) is 11.5. The number of hydrogen-bond acceptors (Lipinski definition) is 3. The van der Waals surface area contributed by atoms with Crippen molar-refractivity contribution in [3.63, 3.8) is 0 Å². The predicted molar refractivity (Wildman–Crippen MR) is 73.7 cm³/mol. The molecule has 0 aliphatic carbocycles. The first kappa shape index (κ1) is 14.7. The Labute approximate surface area is 110 Å². The van der Waals surface area contributed by atoms with E-state index < -0.39 is 0 Å². The average Bonchev–Trinajstić information content (AvgIpc) is 2.27. The largest absolute Gasteiger partial charge is 0.469 e. The van der Waals surface area contributed by atoms with Crippen molar-refractivity contribution >= 4 is 5.97 Å². The lowest BCUT2D eigenvalue weighted by atomic mass is 9.92. The van der Waals surface area contributed by atoms with E-state index in [4.69, 9.17) is 4.74 Å². The van der Waals surface area contributed by atoms with E-state index in [9.17, 15) is 4.79 Å². The molecule has 1 unspecified atom stereocenters. The summed E-state index contributed by atoms with van der Waals surface area (Å²) in [6, 6.07) is 4.34. The number of methoxy groups -OCH3 is 1. The second-order valence-electron chi connectivity index (χ2n) is 4.70. The van der Waals surface area contributed by atoms with Gasteiger partial charge in [-0.3, -0.25) is 4.79 Å². The highest BCUT2D eigenvalue weighted by Crippen LogP contribution is 2.26. The molecule has 3 nitrogen and oxygen atoms in total. The van der Waals surface area contributed by atoms with Crippen LogP contribution in [0.15, 0.2) is 12.1 Å². The fourth-order valence-corrected chi connectivity index (χ4v) is 2.51. The number of carbonyl (C=O) groups is 1. The van der Waals surface area contributed by atoms with Gasteiger partial charge in [-0.15, -0.1) is 0 Å². The summed E-state index contributed by atoms with van der Waals surface area (Å²) in [5.74, 6) is -0.180. The first-order valence-electron chi connectivity index (χ1n) is 6.37. The van der Waals surface area contributed by atoms with E-state index in [1.165, 1.54) is 29.4 Å². The molecule has 0 spiro atoms. The lowest BCUT2D eigenvalue weighted by Crippen LogP contribution is -2.25. The minimum absolute atomic E-state index is 0.0306. The molecule has 100 valence electrons. The van der Waals surface area contributed by atoms with Gasteiger partial charge >= 0.3 is 5.97 Å². The maximum atomic E-state index is 11.5. The molecule has 0 aliphatic heterocycles. The standard InChI is InChI=1S/C15H23NO2/c1-6-16-13(9-14(17)18-5)15-11(3)7-10(2)8-12(15)4/h7-8,13,16H,6,9H2,1-5H3. The van der Waals surface area contributed by atoms with Crippen molar-refractivity contribution < 1.29 is 9.53 Å². The van der Waals surface area contributed by atoms with E-state index in [0.29, 0.717) is 6.42 Å². The summed E-state index contributed by atoms with van der Waals surface area (Å²) in [5, 5.41) is 3.36. The van der Waals surface area contributed by atoms with Crippen molar-refractivity contribution in [3.8, 4) is 0 Å². The summed E-state index contributed by atoms with van der Waals surface area (Å²) >= 11 is 0.